The quantitative estimate of drug-likeness (QED) is 0.764. The van der Waals surface area contributed by atoms with Gasteiger partial charge in [-0.1, -0.05) is 0 Å². The zero-order chi connectivity index (χ0) is 9.14. The van der Waals surface area contributed by atoms with Crippen LogP contribution in [-0.4, -0.2) is 48.2 Å². The van der Waals surface area contributed by atoms with Gasteiger partial charge in [-0.3, -0.25) is 4.79 Å². The first-order valence-corrected chi connectivity index (χ1v) is 4.27. The average Bonchev–Trinajstić information content (AvgIpc) is 2.35. The summed E-state index contributed by atoms with van der Waals surface area (Å²) in [5.74, 6) is -0.774. The molecule has 0 saturated carbocycles. The summed E-state index contributed by atoms with van der Waals surface area (Å²) in [7, 11) is 2.05. The van der Waals surface area contributed by atoms with Gasteiger partial charge in [-0.2, -0.15) is 0 Å². The molecule has 4 nitrogen and oxygen atoms in total. The van der Waals surface area contributed by atoms with Crippen LogP contribution in [0.25, 0.3) is 0 Å². The van der Waals surface area contributed by atoms with E-state index in [1.54, 1.807) is 6.92 Å². The highest BCUT2D eigenvalue weighted by atomic mass is 35.5. The van der Waals surface area contributed by atoms with Crippen LogP contribution in [-0.2, 0) is 4.79 Å². The molecule has 2 atom stereocenters. The molecule has 1 aliphatic rings. The van der Waals surface area contributed by atoms with Crippen molar-refractivity contribution in [3.63, 3.8) is 0 Å². The second-order valence-corrected chi connectivity index (χ2v) is 3.47. The first kappa shape index (κ1) is 16.4. The smallest absolute Gasteiger partial charge is 0.320 e. The van der Waals surface area contributed by atoms with Crippen molar-refractivity contribution in [3.05, 3.63) is 0 Å². The fourth-order valence-electron chi connectivity index (χ4n) is 1.50. The number of likely N-dealkylation sites (N-methyl/N-ethyl adjacent to an activating group) is 1. The van der Waals surface area contributed by atoms with Crippen molar-refractivity contribution in [1.82, 2.24) is 10.2 Å². The SMILES string of the molecule is CC(NC1CCN(C)C1)C(=O)O.Cl.Cl. The van der Waals surface area contributed by atoms with Crippen LogP contribution in [0.15, 0.2) is 0 Å². The van der Waals surface area contributed by atoms with Crippen LogP contribution in [0, 0.1) is 0 Å². The summed E-state index contributed by atoms with van der Waals surface area (Å²) >= 11 is 0. The number of nitrogens with one attached hydrogen (secondary N) is 1. The third kappa shape index (κ3) is 5.00. The minimum atomic E-state index is -0.774. The number of carboxylic acid groups (broad SMARTS) is 1. The second kappa shape index (κ2) is 7.29. The molecule has 1 heterocycles. The van der Waals surface area contributed by atoms with Gasteiger partial charge < -0.3 is 15.3 Å². The topological polar surface area (TPSA) is 52.6 Å². The number of halogens is 2. The molecule has 14 heavy (non-hydrogen) atoms. The fourth-order valence-corrected chi connectivity index (χ4v) is 1.50. The highest BCUT2D eigenvalue weighted by Crippen LogP contribution is 2.06. The molecule has 0 aromatic heterocycles. The normalized spacial score (nSPS) is 23.4. The lowest BCUT2D eigenvalue weighted by molar-refractivity contribution is -0.139. The molecular formula is C8H18Cl2N2O2. The maximum absolute atomic E-state index is 10.5. The van der Waals surface area contributed by atoms with Crippen molar-refractivity contribution in [2.45, 2.75) is 25.4 Å². The average molecular weight is 245 g/mol. The summed E-state index contributed by atoms with van der Waals surface area (Å²) in [5, 5.41) is 11.7. The first-order chi connectivity index (χ1) is 5.59. The van der Waals surface area contributed by atoms with E-state index in [9.17, 15) is 4.79 Å². The predicted molar refractivity (Wildman–Crippen MR) is 60.6 cm³/mol. The molecule has 0 radical (unpaired) electrons. The monoisotopic (exact) mass is 244 g/mol. The van der Waals surface area contributed by atoms with Gasteiger partial charge in [-0.25, -0.2) is 0 Å². The van der Waals surface area contributed by atoms with Gasteiger partial charge in [0.25, 0.3) is 0 Å². The summed E-state index contributed by atoms with van der Waals surface area (Å²) in [4.78, 5) is 12.7. The lowest BCUT2D eigenvalue weighted by atomic mass is 10.2. The highest BCUT2D eigenvalue weighted by molar-refractivity contribution is 5.85. The minimum Gasteiger partial charge on any atom is -0.480 e. The van der Waals surface area contributed by atoms with E-state index in [0.717, 1.165) is 19.5 Å². The van der Waals surface area contributed by atoms with E-state index in [-0.39, 0.29) is 24.8 Å². The van der Waals surface area contributed by atoms with Gasteiger partial charge in [-0.05, 0) is 26.9 Å². The number of carbonyl (C=O) groups is 1. The van der Waals surface area contributed by atoms with Gasteiger partial charge >= 0.3 is 5.97 Å². The Morgan fingerprint density at radius 3 is 2.50 bits per heavy atom. The molecule has 1 rings (SSSR count). The lowest BCUT2D eigenvalue weighted by Gasteiger charge is -2.15. The molecule has 0 aromatic rings. The van der Waals surface area contributed by atoms with Crippen molar-refractivity contribution in [2.24, 2.45) is 0 Å². The summed E-state index contributed by atoms with van der Waals surface area (Å²) in [5.41, 5.74) is 0. The maximum atomic E-state index is 10.5. The largest absolute Gasteiger partial charge is 0.480 e. The zero-order valence-electron chi connectivity index (χ0n) is 8.40. The summed E-state index contributed by atoms with van der Waals surface area (Å²) in [6.45, 7) is 3.70. The third-order valence-corrected chi connectivity index (χ3v) is 2.25. The second-order valence-electron chi connectivity index (χ2n) is 3.47. The zero-order valence-corrected chi connectivity index (χ0v) is 10.0. The fraction of sp³-hybridized carbons (Fsp3) is 0.875. The Morgan fingerprint density at radius 2 is 2.14 bits per heavy atom. The van der Waals surface area contributed by atoms with E-state index in [2.05, 4.69) is 10.2 Å². The molecule has 0 spiro atoms. The molecule has 2 N–H and O–H groups in total. The van der Waals surface area contributed by atoms with Crippen LogP contribution in [0.1, 0.15) is 13.3 Å². The number of nitrogens with zero attached hydrogens (tertiary/aromatic N) is 1. The third-order valence-electron chi connectivity index (χ3n) is 2.25. The number of carboxylic acids is 1. The molecule has 6 heteroatoms. The van der Waals surface area contributed by atoms with Gasteiger partial charge in [-0.15, -0.1) is 24.8 Å². The van der Waals surface area contributed by atoms with Gasteiger partial charge in [0.2, 0.25) is 0 Å². The Bertz CT molecular complexity index is 181. The standard InChI is InChI=1S/C8H16N2O2.2ClH/c1-6(8(11)12)9-7-3-4-10(2)5-7;;/h6-7,9H,3-5H2,1-2H3,(H,11,12);2*1H. The lowest BCUT2D eigenvalue weighted by Crippen LogP contribution is -2.42. The number of aliphatic carboxylic acids is 1. The Hall–Kier alpha value is -0.0300. The molecule has 86 valence electrons. The Kier molecular flexibility index (Phi) is 8.54. The summed E-state index contributed by atoms with van der Waals surface area (Å²) in [6.07, 6.45) is 1.05. The molecule has 1 aliphatic heterocycles. The molecule has 0 aliphatic carbocycles. The summed E-state index contributed by atoms with van der Waals surface area (Å²) < 4.78 is 0. The molecule has 1 fully saturated rings. The van der Waals surface area contributed by atoms with Gasteiger partial charge in [0.15, 0.2) is 0 Å². The number of likely N-dealkylation sites (tertiary alicyclic amines) is 1. The van der Waals surface area contributed by atoms with Crippen molar-refractivity contribution >= 4 is 30.8 Å². The van der Waals surface area contributed by atoms with Gasteiger partial charge in [0, 0.05) is 12.6 Å². The van der Waals surface area contributed by atoms with Crippen molar-refractivity contribution in [2.75, 3.05) is 20.1 Å². The molecule has 0 bridgehead atoms. The number of hydrogen-bond acceptors (Lipinski definition) is 3. The summed E-state index contributed by atoms with van der Waals surface area (Å²) in [6, 6.07) is -0.0809. The number of rotatable bonds is 3. The van der Waals surface area contributed by atoms with E-state index in [4.69, 9.17) is 5.11 Å². The Balaban J connectivity index is 0. The predicted octanol–water partition coefficient (Wildman–Crippen LogP) is 0.597. The van der Waals surface area contributed by atoms with Gasteiger partial charge in [0.05, 0.1) is 0 Å². The van der Waals surface area contributed by atoms with Crippen LogP contribution in [0.4, 0.5) is 0 Å². The van der Waals surface area contributed by atoms with E-state index in [1.807, 2.05) is 7.05 Å². The minimum absolute atomic E-state index is 0. The molecule has 1 saturated heterocycles. The first-order valence-electron chi connectivity index (χ1n) is 4.27. The molecular weight excluding hydrogens is 227 g/mol. The van der Waals surface area contributed by atoms with Crippen LogP contribution in [0.5, 0.6) is 0 Å². The highest BCUT2D eigenvalue weighted by Gasteiger charge is 2.22. The van der Waals surface area contributed by atoms with E-state index >= 15 is 0 Å². The van der Waals surface area contributed by atoms with Crippen LogP contribution in [0.3, 0.4) is 0 Å². The van der Waals surface area contributed by atoms with Gasteiger partial charge in [0.1, 0.15) is 6.04 Å². The van der Waals surface area contributed by atoms with E-state index in [0.29, 0.717) is 6.04 Å². The van der Waals surface area contributed by atoms with Crippen LogP contribution >= 0.6 is 24.8 Å². The molecule has 0 aromatic carbocycles. The van der Waals surface area contributed by atoms with Crippen molar-refractivity contribution < 1.29 is 9.90 Å². The van der Waals surface area contributed by atoms with Crippen LogP contribution < -0.4 is 5.32 Å². The number of hydrogen-bond donors (Lipinski definition) is 2. The van der Waals surface area contributed by atoms with E-state index < -0.39 is 12.0 Å². The van der Waals surface area contributed by atoms with E-state index in [1.165, 1.54) is 0 Å². The Labute approximate surface area is 96.9 Å². The maximum Gasteiger partial charge on any atom is 0.320 e. The molecule has 0 amide bonds. The van der Waals surface area contributed by atoms with Crippen molar-refractivity contribution in [3.8, 4) is 0 Å². The van der Waals surface area contributed by atoms with Crippen LogP contribution in [0.2, 0.25) is 0 Å². The Morgan fingerprint density at radius 1 is 1.57 bits per heavy atom. The van der Waals surface area contributed by atoms with Crippen molar-refractivity contribution in [1.29, 1.82) is 0 Å². The molecule has 2 unspecified atom stereocenters.